The van der Waals surface area contributed by atoms with Crippen LogP contribution < -0.4 is 16.3 Å². The highest BCUT2D eigenvalue weighted by molar-refractivity contribution is 7.88. The third-order valence-corrected chi connectivity index (χ3v) is 9.05. The summed E-state index contributed by atoms with van der Waals surface area (Å²) in [6, 6.07) is 22.3. The average Bonchev–Trinajstić information content (AvgIpc) is 2.65. The van der Waals surface area contributed by atoms with Crippen molar-refractivity contribution in [3.63, 3.8) is 0 Å². The molecule has 2 aromatic carbocycles. The van der Waals surface area contributed by atoms with Crippen molar-refractivity contribution in [3.8, 4) is 0 Å². The van der Waals surface area contributed by atoms with Crippen LogP contribution in [0.4, 0.5) is 0 Å². The first-order chi connectivity index (χ1) is 11.8. The molecule has 0 radical (unpaired) electrons. The van der Waals surface area contributed by atoms with Gasteiger partial charge < -0.3 is 5.73 Å². The van der Waals surface area contributed by atoms with Gasteiger partial charge in [-0.3, -0.25) is 0 Å². The van der Waals surface area contributed by atoms with E-state index in [-0.39, 0.29) is 0 Å². The van der Waals surface area contributed by atoms with Crippen LogP contribution in [0.25, 0.3) is 0 Å². The Balaban J connectivity index is 1.91. The predicted molar refractivity (Wildman–Crippen MR) is 111 cm³/mol. The van der Waals surface area contributed by atoms with E-state index in [9.17, 15) is 0 Å². The van der Waals surface area contributed by atoms with Gasteiger partial charge in [0.15, 0.2) is 0 Å². The average molecular weight is 342 g/mol. The minimum Gasteiger partial charge on any atom is -0.330 e. The van der Waals surface area contributed by atoms with Crippen LogP contribution in [0.2, 0.25) is 0 Å². The fourth-order valence-corrected chi connectivity index (χ4v) is 6.71. The maximum absolute atomic E-state index is 5.55. The summed E-state index contributed by atoms with van der Waals surface area (Å²) in [5, 5.41) is 3.08. The Morgan fingerprint density at radius 2 is 1.04 bits per heavy atom. The van der Waals surface area contributed by atoms with Gasteiger partial charge in [0, 0.05) is 0 Å². The molecule has 0 heterocycles. The molecule has 0 saturated heterocycles. The standard InChI is InChI=1S/C22H33NP/c1-24(21-15-9-7-10-16-21,22-17-11-8-12-18-22)20-14-6-4-2-3-5-13-19-23/h7-12,15-18H,2-6,13-14,19-20,23H2,1H3/q+1. The fraction of sp³-hybridized carbons (Fsp3) is 0.455. The molecule has 0 aromatic heterocycles. The van der Waals surface area contributed by atoms with Gasteiger partial charge in [-0.15, -0.1) is 0 Å². The third-order valence-electron chi connectivity index (χ3n) is 4.96. The van der Waals surface area contributed by atoms with E-state index in [0.717, 1.165) is 6.54 Å². The van der Waals surface area contributed by atoms with E-state index in [1.807, 2.05) is 0 Å². The molecule has 0 fully saturated rings. The molecule has 24 heavy (non-hydrogen) atoms. The van der Waals surface area contributed by atoms with Gasteiger partial charge >= 0.3 is 0 Å². The molecule has 1 nitrogen and oxygen atoms in total. The Hall–Kier alpha value is -1.17. The Morgan fingerprint density at radius 3 is 1.50 bits per heavy atom. The Kier molecular flexibility index (Phi) is 8.50. The summed E-state index contributed by atoms with van der Waals surface area (Å²) < 4.78 is 0. The number of benzene rings is 2. The molecule has 0 aliphatic carbocycles. The fourth-order valence-electron chi connectivity index (χ4n) is 3.38. The predicted octanol–water partition coefficient (Wildman–Crippen LogP) is 4.97. The number of unbranched alkanes of at least 4 members (excludes halogenated alkanes) is 6. The van der Waals surface area contributed by atoms with Crippen molar-refractivity contribution in [2.24, 2.45) is 5.73 Å². The van der Waals surface area contributed by atoms with Crippen LogP contribution in [-0.2, 0) is 0 Å². The van der Waals surface area contributed by atoms with Crippen molar-refractivity contribution in [2.45, 2.75) is 44.9 Å². The Morgan fingerprint density at radius 1 is 0.625 bits per heavy atom. The molecule has 0 bridgehead atoms. The first-order valence-electron chi connectivity index (χ1n) is 9.44. The van der Waals surface area contributed by atoms with E-state index in [1.54, 1.807) is 10.6 Å². The summed E-state index contributed by atoms with van der Waals surface area (Å²) in [5.74, 6) is 0. The quantitative estimate of drug-likeness (QED) is 0.452. The van der Waals surface area contributed by atoms with Gasteiger partial charge in [-0.05, 0) is 50.1 Å². The molecule has 130 valence electrons. The third kappa shape index (κ3) is 5.72. The minimum absolute atomic E-state index is 0.844. The maximum atomic E-state index is 5.55. The summed E-state index contributed by atoms with van der Waals surface area (Å²) in [6.07, 6.45) is 10.6. The smallest absolute Gasteiger partial charge is 0.0988 e. The molecule has 2 N–H and O–H groups in total. The van der Waals surface area contributed by atoms with Gasteiger partial charge in [0.2, 0.25) is 0 Å². The zero-order valence-corrected chi connectivity index (χ0v) is 16.1. The van der Waals surface area contributed by atoms with Gasteiger partial charge in [0.25, 0.3) is 0 Å². The summed E-state index contributed by atoms with van der Waals surface area (Å²) in [4.78, 5) is 0. The van der Waals surface area contributed by atoms with Crippen molar-refractivity contribution in [1.82, 2.24) is 0 Å². The van der Waals surface area contributed by atoms with E-state index >= 15 is 0 Å². The minimum atomic E-state index is -1.26. The first-order valence-corrected chi connectivity index (χ1v) is 11.9. The van der Waals surface area contributed by atoms with Crippen LogP contribution in [0.3, 0.4) is 0 Å². The van der Waals surface area contributed by atoms with Crippen molar-refractivity contribution in [2.75, 3.05) is 19.4 Å². The second kappa shape index (κ2) is 10.6. The second-order valence-electron chi connectivity index (χ2n) is 6.85. The highest BCUT2D eigenvalue weighted by atomic mass is 31.2. The van der Waals surface area contributed by atoms with Crippen molar-refractivity contribution < 1.29 is 0 Å². The summed E-state index contributed by atoms with van der Waals surface area (Å²) in [6.45, 7) is 3.36. The topological polar surface area (TPSA) is 26.0 Å². The zero-order chi connectivity index (χ0) is 17.1. The van der Waals surface area contributed by atoms with Crippen LogP contribution in [0.15, 0.2) is 60.7 Å². The molecule has 0 spiro atoms. The van der Waals surface area contributed by atoms with Gasteiger partial charge in [0.05, 0.1) is 30.7 Å². The molecule has 0 aliphatic rings. The molecule has 0 amide bonds. The zero-order valence-electron chi connectivity index (χ0n) is 15.2. The monoisotopic (exact) mass is 342 g/mol. The van der Waals surface area contributed by atoms with Crippen LogP contribution in [0.5, 0.6) is 0 Å². The Labute approximate surface area is 149 Å². The normalized spacial score (nSPS) is 11.6. The molecule has 2 heteroatoms. The van der Waals surface area contributed by atoms with Crippen LogP contribution in [-0.4, -0.2) is 19.4 Å². The van der Waals surface area contributed by atoms with E-state index < -0.39 is 7.26 Å². The summed E-state index contributed by atoms with van der Waals surface area (Å²) >= 11 is 0. The molecule has 2 rings (SSSR count). The van der Waals surface area contributed by atoms with Crippen LogP contribution in [0.1, 0.15) is 44.9 Å². The molecule has 0 unspecified atom stereocenters. The van der Waals surface area contributed by atoms with E-state index in [1.165, 1.54) is 51.1 Å². The van der Waals surface area contributed by atoms with Crippen molar-refractivity contribution in [1.29, 1.82) is 0 Å². The molecular weight excluding hydrogens is 309 g/mol. The number of rotatable bonds is 11. The van der Waals surface area contributed by atoms with Gasteiger partial charge in [-0.1, -0.05) is 62.1 Å². The highest BCUT2D eigenvalue weighted by Gasteiger charge is 2.36. The van der Waals surface area contributed by atoms with Gasteiger partial charge in [0.1, 0.15) is 0 Å². The number of nitrogens with two attached hydrogens (primary N) is 1. The molecule has 0 saturated carbocycles. The molecular formula is C22H33NP+. The van der Waals surface area contributed by atoms with Crippen LogP contribution >= 0.6 is 7.26 Å². The van der Waals surface area contributed by atoms with E-state index in [0.29, 0.717) is 0 Å². The molecule has 0 atom stereocenters. The number of hydrogen-bond donors (Lipinski definition) is 1. The van der Waals surface area contributed by atoms with Crippen LogP contribution in [0, 0.1) is 0 Å². The molecule has 2 aromatic rings. The summed E-state index contributed by atoms with van der Waals surface area (Å²) in [5.41, 5.74) is 5.55. The number of hydrogen-bond acceptors (Lipinski definition) is 1. The Bertz CT molecular complexity index is 513. The second-order valence-corrected chi connectivity index (χ2v) is 10.7. The van der Waals surface area contributed by atoms with Gasteiger partial charge in [-0.25, -0.2) is 0 Å². The lowest BCUT2D eigenvalue weighted by atomic mass is 10.1. The maximum Gasteiger partial charge on any atom is 0.0988 e. The summed E-state index contributed by atoms with van der Waals surface area (Å²) in [7, 11) is -1.26. The van der Waals surface area contributed by atoms with Crippen molar-refractivity contribution in [3.05, 3.63) is 60.7 Å². The van der Waals surface area contributed by atoms with Crippen molar-refractivity contribution >= 4 is 17.9 Å². The first kappa shape index (κ1) is 19.2. The van der Waals surface area contributed by atoms with Gasteiger partial charge in [-0.2, -0.15) is 0 Å². The lowest BCUT2D eigenvalue weighted by Crippen LogP contribution is -2.23. The lowest BCUT2D eigenvalue weighted by molar-refractivity contribution is 0.593. The van der Waals surface area contributed by atoms with E-state index in [4.69, 9.17) is 5.73 Å². The SMILES string of the molecule is C[P+](CCCCCCCCCN)(c1ccccc1)c1ccccc1. The highest BCUT2D eigenvalue weighted by Crippen LogP contribution is 2.53. The largest absolute Gasteiger partial charge is 0.330 e. The van der Waals surface area contributed by atoms with E-state index in [2.05, 4.69) is 67.3 Å². The molecule has 0 aliphatic heterocycles. The lowest BCUT2D eigenvalue weighted by Gasteiger charge is -2.23.